The van der Waals surface area contributed by atoms with Gasteiger partial charge in [0, 0.05) is 0 Å². The fraction of sp³-hybridized carbons (Fsp3) is 1.00. The Hall–Kier alpha value is -0.210. The molecule has 0 nitrogen and oxygen atoms in total. The molecule has 0 aliphatic heterocycles. The third kappa shape index (κ3) is 5.10. The monoisotopic (exact) mass is 168 g/mol. The highest BCUT2D eigenvalue weighted by Crippen LogP contribution is 2.34. The Morgan fingerprint density at radius 2 is 1.45 bits per heavy atom. The van der Waals surface area contributed by atoms with Crippen LogP contribution in [0.15, 0.2) is 0 Å². The third-order valence-corrected chi connectivity index (χ3v) is 1.48. The number of rotatable bonds is 1. The molecule has 0 amide bonds. The topological polar surface area (TPSA) is 0 Å². The van der Waals surface area contributed by atoms with Crippen LogP contribution in [0, 0.1) is 11.3 Å². The van der Waals surface area contributed by atoms with Crippen molar-refractivity contribution < 1.29 is 13.2 Å². The summed E-state index contributed by atoms with van der Waals surface area (Å²) < 4.78 is 35.9. The van der Waals surface area contributed by atoms with E-state index in [1.165, 1.54) is 6.92 Å². The largest absolute Gasteiger partial charge is 0.391 e. The minimum absolute atomic E-state index is 0.191. The van der Waals surface area contributed by atoms with E-state index in [0.717, 1.165) is 0 Å². The zero-order valence-electron chi connectivity index (χ0n) is 7.42. The van der Waals surface area contributed by atoms with Crippen molar-refractivity contribution in [2.24, 2.45) is 11.3 Å². The third-order valence-electron chi connectivity index (χ3n) is 1.48. The average Bonchev–Trinajstić information content (AvgIpc) is 1.56. The Morgan fingerprint density at radius 1 is 1.09 bits per heavy atom. The van der Waals surface area contributed by atoms with Crippen LogP contribution in [0.3, 0.4) is 0 Å². The van der Waals surface area contributed by atoms with Crippen LogP contribution < -0.4 is 0 Å². The first kappa shape index (κ1) is 10.8. The zero-order chi connectivity index (χ0) is 9.28. The van der Waals surface area contributed by atoms with E-state index in [1.807, 2.05) is 20.8 Å². The smallest absolute Gasteiger partial charge is 0.171 e. The van der Waals surface area contributed by atoms with E-state index >= 15 is 0 Å². The minimum atomic E-state index is -4.03. The van der Waals surface area contributed by atoms with Crippen LogP contribution in [0.4, 0.5) is 13.2 Å². The summed E-state index contributed by atoms with van der Waals surface area (Å²) in [6.45, 7) is 6.67. The van der Waals surface area contributed by atoms with Crippen LogP contribution in [0.25, 0.3) is 0 Å². The van der Waals surface area contributed by atoms with Gasteiger partial charge in [-0.2, -0.15) is 13.2 Å². The molecule has 68 valence electrons. The maximum atomic E-state index is 12.0. The lowest BCUT2D eigenvalue weighted by Crippen LogP contribution is -2.24. The van der Waals surface area contributed by atoms with Crippen molar-refractivity contribution in [2.45, 2.75) is 40.3 Å². The van der Waals surface area contributed by atoms with Crippen molar-refractivity contribution in [1.82, 2.24) is 0 Å². The lowest BCUT2D eigenvalue weighted by molar-refractivity contribution is -0.176. The van der Waals surface area contributed by atoms with Gasteiger partial charge in [-0.25, -0.2) is 0 Å². The molecular formula is C8H15F3. The highest BCUT2D eigenvalue weighted by Gasteiger charge is 2.37. The van der Waals surface area contributed by atoms with Gasteiger partial charge in [0.2, 0.25) is 0 Å². The first-order valence-electron chi connectivity index (χ1n) is 3.69. The lowest BCUT2D eigenvalue weighted by Gasteiger charge is -2.24. The molecule has 0 aromatic carbocycles. The molecule has 0 spiro atoms. The van der Waals surface area contributed by atoms with Crippen molar-refractivity contribution in [2.75, 3.05) is 0 Å². The number of hydrogen-bond acceptors (Lipinski definition) is 0. The molecule has 0 aromatic heterocycles. The molecule has 11 heavy (non-hydrogen) atoms. The fourth-order valence-electron chi connectivity index (χ4n) is 1.03. The Morgan fingerprint density at radius 3 is 1.55 bits per heavy atom. The van der Waals surface area contributed by atoms with Crippen molar-refractivity contribution in [3.05, 3.63) is 0 Å². The van der Waals surface area contributed by atoms with Crippen LogP contribution >= 0.6 is 0 Å². The molecule has 0 aromatic rings. The molecule has 0 saturated carbocycles. The summed E-state index contributed by atoms with van der Waals surface area (Å²) in [5, 5.41) is 0. The van der Waals surface area contributed by atoms with Crippen molar-refractivity contribution in [1.29, 1.82) is 0 Å². The minimum Gasteiger partial charge on any atom is -0.171 e. The van der Waals surface area contributed by atoms with Gasteiger partial charge in [-0.3, -0.25) is 0 Å². The highest BCUT2D eigenvalue weighted by atomic mass is 19.4. The molecule has 0 rings (SSSR count). The fourth-order valence-corrected chi connectivity index (χ4v) is 1.03. The van der Waals surface area contributed by atoms with E-state index in [2.05, 4.69) is 0 Å². The molecule has 0 N–H and O–H groups in total. The van der Waals surface area contributed by atoms with Gasteiger partial charge in [0.15, 0.2) is 0 Å². The lowest BCUT2D eigenvalue weighted by atomic mass is 9.85. The Kier molecular flexibility index (Phi) is 2.98. The molecule has 0 aliphatic rings. The number of alkyl halides is 3. The maximum absolute atomic E-state index is 12.0. The van der Waals surface area contributed by atoms with Gasteiger partial charge in [-0.15, -0.1) is 0 Å². The summed E-state index contributed by atoms with van der Waals surface area (Å²) >= 11 is 0. The molecular weight excluding hydrogens is 153 g/mol. The van der Waals surface area contributed by atoms with Gasteiger partial charge in [0.25, 0.3) is 0 Å². The molecule has 0 heterocycles. The van der Waals surface area contributed by atoms with E-state index in [1.54, 1.807) is 0 Å². The van der Waals surface area contributed by atoms with E-state index in [4.69, 9.17) is 0 Å². The molecule has 0 bridgehead atoms. The molecule has 0 unspecified atom stereocenters. The predicted molar refractivity (Wildman–Crippen MR) is 39.3 cm³/mol. The second-order valence-corrected chi connectivity index (χ2v) is 4.21. The Labute approximate surface area is 65.8 Å². The van der Waals surface area contributed by atoms with Crippen LogP contribution in [0.1, 0.15) is 34.1 Å². The molecule has 3 heteroatoms. The molecule has 0 radical (unpaired) electrons. The Bertz CT molecular complexity index is 118. The quantitative estimate of drug-likeness (QED) is 0.561. The predicted octanol–water partition coefficient (Wildman–Crippen LogP) is 3.62. The first-order chi connectivity index (χ1) is 4.63. The van der Waals surface area contributed by atoms with Crippen molar-refractivity contribution in [3.63, 3.8) is 0 Å². The van der Waals surface area contributed by atoms with Crippen LogP contribution in [0.2, 0.25) is 0 Å². The van der Waals surface area contributed by atoms with Gasteiger partial charge in [-0.1, -0.05) is 27.7 Å². The van der Waals surface area contributed by atoms with Crippen molar-refractivity contribution >= 4 is 0 Å². The highest BCUT2D eigenvalue weighted by molar-refractivity contribution is 4.70. The summed E-state index contributed by atoms with van der Waals surface area (Å²) in [5.41, 5.74) is -0.241. The molecule has 0 aliphatic carbocycles. The average molecular weight is 168 g/mol. The van der Waals surface area contributed by atoms with E-state index in [-0.39, 0.29) is 11.8 Å². The van der Waals surface area contributed by atoms with Gasteiger partial charge in [-0.05, 0) is 11.8 Å². The standard InChI is InChI=1S/C8H15F3/c1-6(8(9,10)11)5-7(2,3)4/h6H,5H2,1-4H3/t6-/m0/s1. The summed E-state index contributed by atoms with van der Waals surface area (Å²) in [7, 11) is 0. The van der Waals surface area contributed by atoms with Crippen LogP contribution in [-0.2, 0) is 0 Å². The van der Waals surface area contributed by atoms with E-state index < -0.39 is 12.1 Å². The molecule has 0 fully saturated rings. The maximum Gasteiger partial charge on any atom is 0.391 e. The van der Waals surface area contributed by atoms with Crippen LogP contribution in [-0.4, -0.2) is 6.18 Å². The van der Waals surface area contributed by atoms with E-state index in [9.17, 15) is 13.2 Å². The van der Waals surface area contributed by atoms with Gasteiger partial charge in [0.05, 0.1) is 5.92 Å². The van der Waals surface area contributed by atoms with Gasteiger partial charge < -0.3 is 0 Å². The van der Waals surface area contributed by atoms with Crippen molar-refractivity contribution in [3.8, 4) is 0 Å². The molecule has 0 saturated heterocycles. The van der Waals surface area contributed by atoms with Gasteiger partial charge in [0.1, 0.15) is 0 Å². The summed E-state index contributed by atoms with van der Waals surface area (Å²) in [6.07, 6.45) is -3.84. The SMILES string of the molecule is C[C@@H](CC(C)(C)C)C(F)(F)F. The summed E-state index contributed by atoms with van der Waals surface area (Å²) in [6, 6.07) is 0. The number of hydrogen-bond donors (Lipinski definition) is 0. The van der Waals surface area contributed by atoms with Gasteiger partial charge >= 0.3 is 6.18 Å². The summed E-state index contributed by atoms with van der Waals surface area (Å²) in [4.78, 5) is 0. The molecule has 1 atom stereocenters. The Balaban J connectivity index is 3.99. The second-order valence-electron chi connectivity index (χ2n) is 4.21. The second kappa shape index (κ2) is 3.03. The summed E-state index contributed by atoms with van der Waals surface area (Å²) in [5.74, 6) is -1.19. The zero-order valence-corrected chi connectivity index (χ0v) is 7.42. The van der Waals surface area contributed by atoms with E-state index in [0.29, 0.717) is 0 Å². The normalized spacial score (nSPS) is 16.6. The van der Waals surface area contributed by atoms with Crippen LogP contribution in [0.5, 0.6) is 0 Å². The number of halogens is 3. The first-order valence-corrected chi connectivity index (χ1v) is 3.69.